The topological polar surface area (TPSA) is 126 Å². The average molecular weight is 425 g/mol. The molecule has 1 aliphatic carbocycles. The number of methoxy groups -OCH3 is 1. The first kappa shape index (κ1) is 20.1. The van der Waals surface area contributed by atoms with Gasteiger partial charge in [-0.05, 0) is 19.9 Å². The van der Waals surface area contributed by atoms with Crippen LogP contribution in [0.2, 0.25) is 0 Å². The number of likely N-dealkylation sites (N-methyl/N-ethyl adjacent to an activating group) is 1. The lowest BCUT2D eigenvalue weighted by Gasteiger charge is -2.39. The fourth-order valence-electron chi connectivity index (χ4n) is 3.69. The van der Waals surface area contributed by atoms with Crippen LogP contribution < -0.4 is 25.0 Å². The van der Waals surface area contributed by atoms with Crippen molar-refractivity contribution in [1.82, 2.24) is 29.6 Å². The van der Waals surface area contributed by atoms with E-state index in [-0.39, 0.29) is 18.3 Å². The molecule has 12 heteroatoms. The zero-order valence-electron chi connectivity index (χ0n) is 16.8. The summed E-state index contributed by atoms with van der Waals surface area (Å²) in [6, 6.07) is 2.21. The molecule has 0 atom stereocenters. The zero-order valence-corrected chi connectivity index (χ0v) is 17.6. The third-order valence-corrected chi connectivity index (χ3v) is 6.86. The van der Waals surface area contributed by atoms with E-state index in [1.165, 1.54) is 11.6 Å². The Balaban J connectivity index is 1.47. The molecule has 4 rings (SSSR count). The van der Waals surface area contributed by atoms with Crippen LogP contribution in [0, 0.1) is 0 Å². The average Bonchev–Trinajstić information content (AvgIpc) is 3.29. The molecular formula is C17H28N8O3S. The van der Waals surface area contributed by atoms with Crippen molar-refractivity contribution in [3.63, 3.8) is 0 Å². The summed E-state index contributed by atoms with van der Waals surface area (Å²) < 4.78 is 34.2. The van der Waals surface area contributed by atoms with Gasteiger partial charge in [-0.2, -0.15) is 14.5 Å². The highest BCUT2D eigenvalue weighted by Gasteiger charge is 2.28. The Morgan fingerprint density at radius 2 is 1.97 bits per heavy atom. The number of sulfonamides is 1. The van der Waals surface area contributed by atoms with Gasteiger partial charge >= 0.3 is 0 Å². The van der Waals surface area contributed by atoms with Crippen LogP contribution in [0.5, 0.6) is 5.88 Å². The maximum absolute atomic E-state index is 12.3. The molecule has 11 nitrogen and oxygen atoms in total. The Labute approximate surface area is 170 Å². The lowest BCUT2D eigenvalue weighted by Crippen LogP contribution is -2.57. The van der Waals surface area contributed by atoms with Gasteiger partial charge < -0.3 is 20.3 Å². The highest BCUT2D eigenvalue weighted by molar-refractivity contribution is 7.89. The Morgan fingerprint density at radius 3 is 2.66 bits per heavy atom. The van der Waals surface area contributed by atoms with Crippen LogP contribution in [-0.2, 0) is 10.0 Å². The van der Waals surface area contributed by atoms with Gasteiger partial charge in [-0.25, -0.2) is 13.1 Å². The molecule has 2 fully saturated rings. The highest BCUT2D eigenvalue weighted by atomic mass is 32.2. The minimum absolute atomic E-state index is 0.0335. The molecule has 160 valence electrons. The summed E-state index contributed by atoms with van der Waals surface area (Å²) in [7, 11) is 0.123. The van der Waals surface area contributed by atoms with Gasteiger partial charge in [-0.1, -0.05) is 12.8 Å². The van der Waals surface area contributed by atoms with Gasteiger partial charge in [0, 0.05) is 37.8 Å². The van der Waals surface area contributed by atoms with Crippen molar-refractivity contribution in [2.75, 3.05) is 49.8 Å². The number of rotatable bonds is 9. The molecule has 0 radical (unpaired) electrons. The quantitative estimate of drug-likeness (QED) is 0.502. The van der Waals surface area contributed by atoms with Crippen molar-refractivity contribution in [3.05, 3.63) is 6.07 Å². The number of nitrogens with zero attached hydrogens (tertiary/aromatic N) is 5. The molecule has 2 aromatic heterocycles. The molecule has 3 heterocycles. The van der Waals surface area contributed by atoms with Gasteiger partial charge in [0.1, 0.15) is 0 Å². The van der Waals surface area contributed by atoms with Crippen LogP contribution in [0.15, 0.2) is 6.07 Å². The van der Waals surface area contributed by atoms with Gasteiger partial charge in [0.25, 0.3) is 0 Å². The number of hydrogen-bond acceptors (Lipinski definition) is 9. The van der Waals surface area contributed by atoms with Crippen molar-refractivity contribution in [2.45, 2.75) is 37.8 Å². The molecule has 1 saturated carbocycles. The molecule has 2 aliphatic rings. The van der Waals surface area contributed by atoms with Crippen LogP contribution in [0.25, 0.3) is 5.65 Å². The number of anilines is 2. The fourth-order valence-corrected chi connectivity index (χ4v) is 4.92. The lowest BCUT2D eigenvalue weighted by molar-refractivity contribution is 0.395. The maximum Gasteiger partial charge on any atom is 0.235 e. The Hall–Kier alpha value is -2.18. The first-order valence-corrected chi connectivity index (χ1v) is 11.6. The van der Waals surface area contributed by atoms with Crippen LogP contribution in [0.4, 0.5) is 11.9 Å². The van der Waals surface area contributed by atoms with Gasteiger partial charge in [-0.15, -0.1) is 5.10 Å². The van der Waals surface area contributed by atoms with Crippen LogP contribution >= 0.6 is 0 Å². The standard InChI is InChI=1S/C17H28N8O3S/c1-18-13-10-24(11-13)17-20-14-9-15(28-2)22-25(14)16(21-17)19-7-8-29(26,27)23-12-5-3-4-6-12/h9,12-13,18,23H,3-8,10-11H2,1-2H3,(H,19,20,21). The van der Waals surface area contributed by atoms with Crippen molar-refractivity contribution >= 4 is 27.6 Å². The molecule has 3 N–H and O–H groups in total. The second-order valence-corrected chi connectivity index (χ2v) is 9.41. The van der Waals surface area contributed by atoms with Crippen molar-refractivity contribution in [2.24, 2.45) is 0 Å². The molecule has 0 bridgehead atoms. The van der Waals surface area contributed by atoms with E-state index < -0.39 is 10.0 Å². The summed E-state index contributed by atoms with van der Waals surface area (Å²) in [6.07, 6.45) is 4.00. The molecule has 2 aromatic rings. The normalized spacial score (nSPS) is 18.3. The number of hydrogen-bond donors (Lipinski definition) is 3. The molecule has 29 heavy (non-hydrogen) atoms. The minimum atomic E-state index is -3.35. The van der Waals surface area contributed by atoms with Crippen LogP contribution in [0.3, 0.4) is 0 Å². The molecule has 0 amide bonds. The van der Waals surface area contributed by atoms with E-state index in [2.05, 4.69) is 35.3 Å². The largest absolute Gasteiger partial charge is 0.480 e. The molecule has 1 aliphatic heterocycles. The fraction of sp³-hybridized carbons (Fsp3) is 0.706. The number of fused-ring (bicyclic) bond motifs is 1. The van der Waals surface area contributed by atoms with E-state index in [1.807, 2.05) is 7.05 Å². The molecule has 0 unspecified atom stereocenters. The van der Waals surface area contributed by atoms with Gasteiger partial charge in [0.2, 0.25) is 27.8 Å². The maximum atomic E-state index is 12.3. The molecule has 0 aromatic carbocycles. The number of aromatic nitrogens is 4. The van der Waals surface area contributed by atoms with E-state index in [1.54, 1.807) is 6.07 Å². The van der Waals surface area contributed by atoms with Gasteiger partial charge in [-0.3, -0.25) is 0 Å². The van der Waals surface area contributed by atoms with E-state index >= 15 is 0 Å². The van der Waals surface area contributed by atoms with E-state index in [4.69, 9.17) is 4.74 Å². The second kappa shape index (κ2) is 8.28. The first-order chi connectivity index (χ1) is 14.0. The van der Waals surface area contributed by atoms with E-state index in [0.717, 1.165) is 38.8 Å². The number of ether oxygens (including phenoxy) is 1. The zero-order chi connectivity index (χ0) is 20.4. The van der Waals surface area contributed by atoms with Crippen molar-refractivity contribution in [1.29, 1.82) is 0 Å². The van der Waals surface area contributed by atoms with Crippen LogP contribution in [0.1, 0.15) is 25.7 Å². The van der Waals surface area contributed by atoms with Gasteiger partial charge in [0.05, 0.1) is 12.9 Å². The summed E-state index contributed by atoms with van der Waals surface area (Å²) in [5.74, 6) is 1.42. The third kappa shape index (κ3) is 4.54. The Kier molecular flexibility index (Phi) is 5.74. The third-order valence-electron chi connectivity index (χ3n) is 5.43. The molecular weight excluding hydrogens is 396 g/mol. The van der Waals surface area contributed by atoms with E-state index in [0.29, 0.717) is 29.5 Å². The minimum Gasteiger partial charge on any atom is -0.480 e. The smallest absolute Gasteiger partial charge is 0.235 e. The van der Waals surface area contributed by atoms with Crippen molar-refractivity contribution < 1.29 is 13.2 Å². The summed E-state index contributed by atoms with van der Waals surface area (Å²) in [4.78, 5) is 11.2. The summed E-state index contributed by atoms with van der Waals surface area (Å²) in [6.45, 7) is 1.85. The Bertz CT molecular complexity index is 951. The predicted octanol–water partition coefficient (Wildman–Crippen LogP) is -0.185. The summed E-state index contributed by atoms with van der Waals surface area (Å²) in [5, 5.41) is 10.6. The first-order valence-electron chi connectivity index (χ1n) is 9.95. The van der Waals surface area contributed by atoms with Crippen LogP contribution in [-0.4, -0.2) is 79.6 Å². The lowest BCUT2D eigenvalue weighted by atomic mass is 10.1. The highest BCUT2D eigenvalue weighted by Crippen LogP contribution is 2.22. The summed E-state index contributed by atoms with van der Waals surface area (Å²) >= 11 is 0. The molecule has 0 spiro atoms. The second-order valence-electron chi connectivity index (χ2n) is 7.54. The monoisotopic (exact) mass is 424 g/mol. The van der Waals surface area contributed by atoms with E-state index in [9.17, 15) is 8.42 Å². The summed E-state index contributed by atoms with van der Waals surface area (Å²) in [5.41, 5.74) is 0.592. The number of nitrogens with one attached hydrogen (secondary N) is 3. The molecule has 1 saturated heterocycles. The van der Waals surface area contributed by atoms with Gasteiger partial charge in [0.15, 0.2) is 5.65 Å². The Morgan fingerprint density at radius 1 is 1.21 bits per heavy atom. The van der Waals surface area contributed by atoms with Crippen molar-refractivity contribution in [3.8, 4) is 5.88 Å². The SMILES string of the molecule is CNC1CN(c2nc(NCCS(=O)(=O)NC3CCCC3)n3nc(OC)cc3n2)C1. The predicted molar refractivity (Wildman–Crippen MR) is 110 cm³/mol.